The van der Waals surface area contributed by atoms with Crippen LogP contribution in [0, 0.1) is 5.92 Å². The molecule has 0 bridgehead atoms. The van der Waals surface area contributed by atoms with E-state index in [-0.39, 0.29) is 6.09 Å². The van der Waals surface area contributed by atoms with E-state index in [0.29, 0.717) is 5.92 Å². The van der Waals surface area contributed by atoms with E-state index in [4.69, 9.17) is 9.15 Å². The predicted molar refractivity (Wildman–Crippen MR) is 133 cm³/mol. The molecule has 1 heterocycles. The number of unbranched alkanes of at least 4 members (excludes halogenated alkanes) is 3. The topological polar surface area (TPSA) is 45.9 Å². The summed E-state index contributed by atoms with van der Waals surface area (Å²) in [6.07, 6.45) is 7.10. The molecule has 1 aromatic carbocycles. The van der Waals surface area contributed by atoms with Gasteiger partial charge in [-0.2, -0.15) is 0 Å². The third-order valence-corrected chi connectivity index (χ3v) is 5.38. The largest absolute Gasteiger partial charge is 0.464 e. The smallest absolute Gasteiger partial charge is 0.410 e. The third kappa shape index (κ3) is 9.64. The van der Waals surface area contributed by atoms with Crippen LogP contribution in [0.25, 0.3) is 11.0 Å². The molecule has 0 spiro atoms. The first-order chi connectivity index (χ1) is 15.2. The minimum atomic E-state index is -0.464. The normalized spacial score (nSPS) is 12.1. The first-order valence-corrected chi connectivity index (χ1v) is 12.3. The molecule has 0 aliphatic heterocycles. The second kappa shape index (κ2) is 12.9. The maximum Gasteiger partial charge on any atom is 0.410 e. The van der Waals surface area contributed by atoms with Crippen LogP contribution in [0.5, 0.6) is 0 Å². The van der Waals surface area contributed by atoms with Gasteiger partial charge in [0, 0.05) is 38.1 Å². The molecule has 2 rings (SSSR count). The minimum absolute atomic E-state index is 0.185. The number of amides is 1. The molecule has 0 saturated carbocycles. The lowest BCUT2D eigenvalue weighted by molar-refractivity contribution is 0.0238. The van der Waals surface area contributed by atoms with Crippen LogP contribution in [-0.2, 0) is 11.3 Å². The molecule has 0 atom stereocenters. The van der Waals surface area contributed by atoms with E-state index in [1.54, 1.807) is 6.26 Å². The van der Waals surface area contributed by atoms with Crippen molar-refractivity contribution in [1.82, 2.24) is 9.80 Å². The summed E-state index contributed by atoms with van der Waals surface area (Å²) in [4.78, 5) is 17.2. The number of nitrogens with zero attached hydrogens (tertiary/aromatic N) is 2. The van der Waals surface area contributed by atoms with Gasteiger partial charge in [0.1, 0.15) is 11.2 Å². The number of benzene rings is 1. The van der Waals surface area contributed by atoms with Gasteiger partial charge >= 0.3 is 6.09 Å². The molecule has 0 fully saturated rings. The Morgan fingerprint density at radius 3 is 2.47 bits per heavy atom. The van der Waals surface area contributed by atoms with Crippen molar-refractivity contribution in [3.05, 3.63) is 36.1 Å². The van der Waals surface area contributed by atoms with Gasteiger partial charge in [0.25, 0.3) is 0 Å². The fraction of sp³-hybridized carbons (Fsp3) is 0.667. The predicted octanol–water partition coefficient (Wildman–Crippen LogP) is 7.10. The average molecular weight is 445 g/mol. The van der Waals surface area contributed by atoms with E-state index in [9.17, 15) is 4.79 Å². The Kier molecular flexibility index (Phi) is 10.6. The molecule has 0 saturated heterocycles. The number of furan rings is 1. The van der Waals surface area contributed by atoms with E-state index >= 15 is 0 Å². The molecule has 0 radical (unpaired) electrons. The van der Waals surface area contributed by atoms with Crippen molar-refractivity contribution in [3.8, 4) is 0 Å². The highest BCUT2D eigenvalue weighted by molar-refractivity contribution is 5.77. The van der Waals surface area contributed by atoms with Gasteiger partial charge in [0.15, 0.2) is 0 Å². The number of ether oxygens (including phenoxy) is 1. The van der Waals surface area contributed by atoms with Gasteiger partial charge in [0.2, 0.25) is 0 Å². The highest BCUT2D eigenvalue weighted by Gasteiger charge is 2.22. The van der Waals surface area contributed by atoms with Gasteiger partial charge in [-0.25, -0.2) is 4.79 Å². The van der Waals surface area contributed by atoms with E-state index in [0.717, 1.165) is 63.0 Å². The molecule has 1 aromatic heterocycles. The van der Waals surface area contributed by atoms with Crippen molar-refractivity contribution >= 4 is 17.1 Å². The number of hydrogen-bond acceptors (Lipinski definition) is 4. The maximum absolute atomic E-state index is 12.7. The SMILES string of the molecule is CCCCCCN(CCCN(Cc1ccc2occc2c1)CC(C)C)C(=O)OC(C)(C)C. The number of fused-ring (bicyclic) bond motifs is 1. The summed E-state index contributed by atoms with van der Waals surface area (Å²) in [6, 6.07) is 8.44. The van der Waals surface area contributed by atoms with Gasteiger partial charge in [-0.05, 0) is 63.3 Å². The third-order valence-electron chi connectivity index (χ3n) is 5.38. The Balaban J connectivity index is 1.95. The Labute approximate surface area is 195 Å². The molecule has 5 heteroatoms. The Hall–Kier alpha value is -2.01. The summed E-state index contributed by atoms with van der Waals surface area (Å²) in [6.45, 7) is 16.9. The van der Waals surface area contributed by atoms with E-state index in [1.807, 2.05) is 31.7 Å². The van der Waals surface area contributed by atoms with Crippen LogP contribution in [0.4, 0.5) is 4.79 Å². The Morgan fingerprint density at radius 2 is 1.78 bits per heavy atom. The fourth-order valence-electron chi connectivity index (χ4n) is 3.96. The summed E-state index contributed by atoms with van der Waals surface area (Å²) < 4.78 is 11.1. The summed E-state index contributed by atoms with van der Waals surface area (Å²) in [5.41, 5.74) is 1.76. The molecule has 180 valence electrons. The molecular weight excluding hydrogens is 400 g/mol. The fourth-order valence-corrected chi connectivity index (χ4v) is 3.96. The number of rotatable bonds is 13. The molecule has 32 heavy (non-hydrogen) atoms. The van der Waals surface area contributed by atoms with Crippen molar-refractivity contribution in [1.29, 1.82) is 0 Å². The second-order valence-electron chi connectivity index (χ2n) is 10.3. The van der Waals surface area contributed by atoms with Crippen molar-refractivity contribution in [2.75, 3.05) is 26.2 Å². The highest BCUT2D eigenvalue weighted by Crippen LogP contribution is 2.19. The van der Waals surface area contributed by atoms with Crippen LogP contribution in [0.2, 0.25) is 0 Å². The number of carbonyl (C=O) groups is 1. The van der Waals surface area contributed by atoms with Crippen molar-refractivity contribution in [3.63, 3.8) is 0 Å². The van der Waals surface area contributed by atoms with Gasteiger partial charge < -0.3 is 14.1 Å². The van der Waals surface area contributed by atoms with E-state index in [1.165, 1.54) is 18.4 Å². The highest BCUT2D eigenvalue weighted by atomic mass is 16.6. The van der Waals surface area contributed by atoms with Crippen molar-refractivity contribution in [2.24, 2.45) is 5.92 Å². The average Bonchev–Trinajstić information content (AvgIpc) is 3.15. The summed E-state index contributed by atoms with van der Waals surface area (Å²) in [7, 11) is 0. The van der Waals surface area contributed by atoms with Crippen LogP contribution in [-0.4, -0.2) is 47.7 Å². The van der Waals surface area contributed by atoms with Gasteiger partial charge in [-0.15, -0.1) is 0 Å². The molecule has 1 amide bonds. The quantitative estimate of drug-likeness (QED) is 0.309. The zero-order valence-corrected chi connectivity index (χ0v) is 21.2. The molecular formula is C27H44N2O3. The lowest BCUT2D eigenvalue weighted by Gasteiger charge is -2.29. The van der Waals surface area contributed by atoms with Gasteiger partial charge in [0.05, 0.1) is 6.26 Å². The zero-order valence-electron chi connectivity index (χ0n) is 21.2. The lowest BCUT2D eigenvalue weighted by atomic mass is 10.1. The Morgan fingerprint density at radius 1 is 1.03 bits per heavy atom. The van der Waals surface area contributed by atoms with Crippen LogP contribution >= 0.6 is 0 Å². The lowest BCUT2D eigenvalue weighted by Crippen LogP contribution is -2.39. The number of hydrogen-bond donors (Lipinski definition) is 0. The maximum atomic E-state index is 12.7. The molecule has 5 nitrogen and oxygen atoms in total. The first kappa shape index (κ1) is 26.2. The zero-order chi connectivity index (χ0) is 23.6. The van der Waals surface area contributed by atoms with Crippen LogP contribution in [0.1, 0.15) is 79.2 Å². The Bertz CT molecular complexity index is 807. The molecule has 2 aromatic rings. The molecule has 0 aliphatic carbocycles. The standard InChI is InChI=1S/C27H44N2O3/c1-7-8-9-10-16-29(26(30)32-27(4,5)6)17-11-15-28(20-22(2)3)21-23-12-13-25-24(19-23)14-18-31-25/h12-14,18-19,22H,7-11,15-17,20-21H2,1-6H3. The van der Waals surface area contributed by atoms with Crippen molar-refractivity contribution in [2.45, 2.75) is 85.8 Å². The van der Waals surface area contributed by atoms with E-state index < -0.39 is 5.60 Å². The van der Waals surface area contributed by atoms with Crippen LogP contribution in [0.3, 0.4) is 0 Å². The second-order valence-corrected chi connectivity index (χ2v) is 10.3. The monoisotopic (exact) mass is 444 g/mol. The molecule has 0 aliphatic rings. The summed E-state index contributed by atoms with van der Waals surface area (Å²) >= 11 is 0. The van der Waals surface area contributed by atoms with Gasteiger partial charge in [-0.1, -0.05) is 46.1 Å². The first-order valence-electron chi connectivity index (χ1n) is 12.3. The minimum Gasteiger partial charge on any atom is -0.464 e. The summed E-state index contributed by atoms with van der Waals surface area (Å²) in [5.74, 6) is 0.587. The van der Waals surface area contributed by atoms with Crippen molar-refractivity contribution < 1.29 is 13.9 Å². The molecule has 0 N–H and O–H groups in total. The van der Waals surface area contributed by atoms with E-state index in [2.05, 4.69) is 43.9 Å². The van der Waals surface area contributed by atoms with Gasteiger partial charge in [-0.3, -0.25) is 4.90 Å². The summed E-state index contributed by atoms with van der Waals surface area (Å²) in [5, 5.41) is 1.15. The molecule has 0 unspecified atom stereocenters. The van der Waals surface area contributed by atoms with Crippen LogP contribution < -0.4 is 0 Å². The van der Waals surface area contributed by atoms with Crippen LogP contribution in [0.15, 0.2) is 34.9 Å². The number of carbonyl (C=O) groups excluding carboxylic acids is 1.